The molecule has 0 bridgehead atoms. The molecule has 2 rings (SSSR count). The molecule has 1 atom stereocenters. The number of hydrogen-bond acceptors (Lipinski definition) is 6. The number of nitrogens with zero attached hydrogens (tertiary/aromatic N) is 1. The van der Waals surface area contributed by atoms with Gasteiger partial charge in [-0.15, -0.1) is 12.4 Å². The molecule has 2 heterocycles. The molecule has 0 spiro atoms. The summed E-state index contributed by atoms with van der Waals surface area (Å²) in [5.41, 5.74) is 5.63. The lowest BCUT2D eigenvalue weighted by atomic mass is 10.1. The van der Waals surface area contributed by atoms with E-state index >= 15 is 0 Å². The smallest absolute Gasteiger partial charge is 0.374 e. The van der Waals surface area contributed by atoms with Crippen LogP contribution in [-0.4, -0.2) is 44.9 Å². The zero-order chi connectivity index (χ0) is 14.8. The van der Waals surface area contributed by atoms with E-state index in [9.17, 15) is 13.2 Å². The summed E-state index contributed by atoms with van der Waals surface area (Å²) in [5.74, 6) is -0.840. The predicted molar refractivity (Wildman–Crippen MR) is 77.9 cm³/mol. The third-order valence-electron chi connectivity index (χ3n) is 3.38. The Kier molecular flexibility index (Phi) is 6.21. The van der Waals surface area contributed by atoms with E-state index in [1.54, 1.807) is 0 Å². The quantitative estimate of drug-likeness (QED) is 0.821. The van der Waals surface area contributed by atoms with Crippen LogP contribution >= 0.6 is 12.4 Å². The van der Waals surface area contributed by atoms with E-state index in [1.807, 2.05) is 0 Å². The minimum Gasteiger partial charge on any atom is -0.463 e. The molecule has 1 aliphatic rings. The van der Waals surface area contributed by atoms with Crippen LogP contribution in [0, 0.1) is 0 Å². The van der Waals surface area contributed by atoms with Crippen LogP contribution in [0.4, 0.5) is 0 Å². The molecular weight excluding hydrogens is 320 g/mol. The van der Waals surface area contributed by atoms with E-state index < -0.39 is 16.0 Å². The standard InChI is InChI=1S/C12H18N2O5S.ClH/c1-18-12(15)10-5-6-11(19-10)20(16,17)14-7-3-2-4-9(14)8-13;/h5-6,9H,2-4,7-8,13H2,1H3;1H. The topological polar surface area (TPSA) is 103 Å². The summed E-state index contributed by atoms with van der Waals surface area (Å²) in [6, 6.07) is 2.34. The van der Waals surface area contributed by atoms with Gasteiger partial charge in [0, 0.05) is 19.1 Å². The molecule has 21 heavy (non-hydrogen) atoms. The second-order valence-electron chi connectivity index (χ2n) is 4.61. The second kappa shape index (κ2) is 7.26. The molecule has 120 valence electrons. The molecule has 1 saturated heterocycles. The van der Waals surface area contributed by atoms with Gasteiger partial charge in [0.05, 0.1) is 7.11 Å². The number of nitrogens with two attached hydrogens (primary N) is 1. The van der Waals surface area contributed by atoms with Crippen molar-refractivity contribution in [1.82, 2.24) is 4.31 Å². The summed E-state index contributed by atoms with van der Waals surface area (Å²) < 4.78 is 36.0. The van der Waals surface area contributed by atoms with Gasteiger partial charge in [0.1, 0.15) is 0 Å². The molecule has 1 unspecified atom stereocenters. The number of sulfonamides is 1. The van der Waals surface area contributed by atoms with Crippen molar-refractivity contribution in [2.45, 2.75) is 30.4 Å². The van der Waals surface area contributed by atoms with Gasteiger partial charge in [-0.1, -0.05) is 6.42 Å². The van der Waals surface area contributed by atoms with Crippen LogP contribution in [0.1, 0.15) is 29.8 Å². The van der Waals surface area contributed by atoms with Crippen LogP contribution in [0.25, 0.3) is 0 Å². The third kappa shape index (κ3) is 3.57. The third-order valence-corrected chi connectivity index (χ3v) is 5.20. The number of hydrogen-bond donors (Lipinski definition) is 1. The SMILES string of the molecule is COC(=O)c1ccc(S(=O)(=O)N2CCCCC2CN)o1.Cl. The normalized spacial score (nSPS) is 19.8. The van der Waals surface area contributed by atoms with Crippen molar-refractivity contribution >= 4 is 28.4 Å². The minimum absolute atomic E-state index is 0. The second-order valence-corrected chi connectivity index (χ2v) is 6.43. The van der Waals surface area contributed by atoms with Gasteiger partial charge in [0.2, 0.25) is 10.9 Å². The molecule has 1 aliphatic heterocycles. The van der Waals surface area contributed by atoms with Crippen LogP contribution in [0.5, 0.6) is 0 Å². The van der Waals surface area contributed by atoms with Crippen LogP contribution < -0.4 is 5.73 Å². The zero-order valence-corrected chi connectivity index (χ0v) is 13.3. The molecule has 0 amide bonds. The Hall–Kier alpha value is -1.09. The van der Waals surface area contributed by atoms with Gasteiger partial charge in [-0.3, -0.25) is 0 Å². The summed E-state index contributed by atoms with van der Waals surface area (Å²) in [5, 5.41) is -0.252. The van der Waals surface area contributed by atoms with E-state index in [-0.39, 0.29) is 35.8 Å². The Balaban J connectivity index is 0.00000220. The van der Waals surface area contributed by atoms with Crippen molar-refractivity contribution in [2.75, 3.05) is 20.2 Å². The highest BCUT2D eigenvalue weighted by molar-refractivity contribution is 7.89. The molecule has 0 aromatic carbocycles. The number of ether oxygens (including phenoxy) is 1. The summed E-state index contributed by atoms with van der Waals surface area (Å²) in [7, 11) is -2.56. The highest BCUT2D eigenvalue weighted by Gasteiger charge is 2.35. The monoisotopic (exact) mass is 338 g/mol. The summed E-state index contributed by atoms with van der Waals surface area (Å²) in [4.78, 5) is 11.3. The molecule has 1 aromatic rings. The molecule has 0 saturated carbocycles. The average molecular weight is 339 g/mol. The Bertz CT molecular complexity index is 586. The number of piperidine rings is 1. The van der Waals surface area contributed by atoms with E-state index in [2.05, 4.69) is 4.74 Å². The lowest BCUT2D eigenvalue weighted by Crippen LogP contribution is -2.47. The van der Waals surface area contributed by atoms with Crippen LogP contribution in [-0.2, 0) is 14.8 Å². The van der Waals surface area contributed by atoms with Gasteiger partial charge in [-0.05, 0) is 25.0 Å². The van der Waals surface area contributed by atoms with Gasteiger partial charge in [0.15, 0.2) is 0 Å². The first-order valence-electron chi connectivity index (χ1n) is 6.40. The van der Waals surface area contributed by atoms with Gasteiger partial charge in [-0.2, -0.15) is 4.31 Å². The number of rotatable bonds is 4. The number of carbonyl (C=O) groups is 1. The molecule has 0 aliphatic carbocycles. The van der Waals surface area contributed by atoms with Gasteiger partial charge >= 0.3 is 5.97 Å². The lowest BCUT2D eigenvalue weighted by Gasteiger charge is -2.32. The summed E-state index contributed by atoms with van der Waals surface area (Å²) in [6.45, 7) is 0.683. The van der Waals surface area contributed by atoms with Crippen molar-refractivity contribution in [2.24, 2.45) is 5.73 Å². The molecule has 0 radical (unpaired) electrons. The Morgan fingerprint density at radius 2 is 2.19 bits per heavy atom. The fraction of sp³-hybridized carbons (Fsp3) is 0.583. The fourth-order valence-corrected chi connectivity index (χ4v) is 3.93. The van der Waals surface area contributed by atoms with E-state index in [1.165, 1.54) is 23.5 Å². The minimum atomic E-state index is -3.77. The molecule has 2 N–H and O–H groups in total. The maximum Gasteiger partial charge on any atom is 0.374 e. The molecular formula is C12H19ClN2O5S. The molecule has 1 fully saturated rings. The Labute approximate surface area is 129 Å². The van der Waals surface area contributed by atoms with E-state index in [4.69, 9.17) is 10.2 Å². The molecule has 1 aromatic heterocycles. The average Bonchev–Trinajstić information content (AvgIpc) is 2.97. The number of furan rings is 1. The highest BCUT2D eigenvalue weighted by Crippen LogP contribution is 2.26. The Morgan fingerprint density at radius 1 is 1.48 bits per heavy atom. The lowest BCUT2D eigenvalue weighted by molar-refractivity contribution is 0.0558. The van der Waals surface area contributed by atoms with E-state index in [0.29, 0.717) is 6.54 Å². The van der Waals surface area contributed by atoms with Gasteiger partial charge in [-0.25, -0.2) is 13.2 Å². The highest BCUT2D eigenvalue weighted by atomic mass is 35.5. The number of carbonyl (C=O) groups excluding carboxylic acids is 1. The fourth-order valence-electron chi connectivity index (χ4n) is 2.31. The van der Waals surface area contributed by atoms with Crippen LogP contribution in [0.3, 0.4) is 0 Å². The van der Waals surface area contributed by atoms with Crippen molar-refractivity contribution in [1.29, 1.82) is 0 Å². The molecule has 9 heteroatoms. The van der Waals surface area contributed by atoms with Crippen molar-refractivity contribution < 1.29 is 22.4 Å². The zero-order valence-electron chi connectivity index (χ0n) is 11.6. The predicted octanol–water partition coefficient (Wildman–Crippen LogP) is 0.990. The van der Waals surface area contributed by atoms with Crippen molar-refractivity contribution in [3.8, 4) is 0 Å². The van der Waals surface area contributed by atoms with Gasteiger partial charge in [0.25, 0.3) is 10.0 Å². The largest absolute Gasteiger partial charge is 0.463 e. The number of methoxy groups -OCH3 is 1. The maximum absolute atomic E-state index is 12.5. The molecule has 7 nitrogen and oxygen atoms in total. The van der Waals surface area contributed by atoms with Gasteiger partial charge < -0.3 is 14.9 Å². The summed E-state index contributed by atoms with van der Waals surface area (Å²) in [6.07, 6.45) is 2.49. The maximum atomic E-state index is 12.5. The first kappa shape index (κ1) is 18.0. The first-order valence-corrected chi connectivity index (χ1v) is 7.84. The first-order chi connectivity index (χ1) is 9.50. The summed E-state index contributed by atoms with van der Waals surface area (Å²) >= 11 is 0. The van der Waals surface area contributed by atoms with Crippen molar-refractivity contribution in [3.05, 3.63) is 17.9 Å². The van der Waals surface area contributed by atoms with Crippen molar-refractivity contribution in [3.63, 3.8) is 0 Å². The number of halogens is 1. The van der Waals surface area contributed by atoms with Crippen LogP contribution in [0.15, 0.2) is 21.6 Å². The Morgan fingerprint density at radius 3 is 2.81 bits per heavy atom. The van der Waals surface area contributed by atoms with Crippen LogP contribution in [0.2, 0.25) is 0 Å². The number of esters is 1. The van der Waals surface area contributed by atoms with E-state index in [0.717, 1.165) is 19.3 Å².